The summed E-state index contributed by atoms with van der Waals surface area (Å²) in [5.41, 5.74) is 6.81. The predicted molar refractivity (Wildman–Crippen MR) is 199 cm³/mol. The van der Waals surface area contributed by atoms with E-state index in [9.17, 15) is 0 Å². The minimum Gasteiger partial charge on any atom is -0.456 e. The molecule has 0 fully saturated rings. The van der Waals surface area contributed by atoms with Crippen LogP contribution in [0.25, 0.3) is 98.2 Å². The minimum atomic E-state index is 0.612. The van der Waals surface area contributed by atoms with Crippen LogP contribution in [0.3, 0.4) is 0 Å². The van der Waals surface area contributed by atoms with Crippen LogP contribution in [0.15, 0.2) is 156 Å². The quantitative estimate of drug-likeness (QED) is 0.194. The van der Waals surface area contributed by atoms with E-state index in [1.165, 1.54) is 36.5 Å². The normalized spacial score (nSPS) is 11.8. The molecule has 0 amide bonds. The first kappa shape index (κ1) is 27.0. The molecule has 0 unspecified atom stereocenters. The zero-order valence-electron chi connectivity index (χ0n) is 25.6. The summed E-state index contributed by atoms with van der Waals surface area (Å²) in [5, 5.41) is 7.21. The summed E-state index contributed by atoms with van der Waals surface area (Å²) in [7, 11) is 0. The Morgan fingerprint density at radius 1 is 0.375 bits per heavy atom. The van der Waals surface area contributed by atoms with Gasteiger partial charge in [-0.15, -0.1) is 11.3 Å². The number of para-hydroxylation sites is 1. The molecule has 4 nitrogen and oxygen atoms in total. The highest BCUT2D eigenvalue weighted by atomic mass is 32.1. The summed E-state index contributed by atoms with van der Waals surface area (Å²) >= 11 is 1.85. The van der Waals surface area contributed by atoms with Crippen molar-refractivity contribution in [3.8, 4) is 45.3 Å². The first-order valence-electron chi connectivity index (χ1n) is 15.9. The van der Waals surface area contributed by atoms with Crippen LogP contribution in [-0.4, -0.2) is 15.0 Å². The first-order chi connectivity index (χ1) is 23.8. The lowest BCUT2D eigenvalue weighted by molar-refractivity contribution is 0.669. The van der Waals surface area contributed by atoms with Gasteiger partial charge in [0.1, 0.15) is 11.2 Å². The Labute approximate surface area is 279 Å². The molecule has 3 heterocycles. The maximum atomic E-state index is 6.20. The van der Waals surface area contributed by atoms with Gasteiger partial charge in [0.05, 0.1) is 0 Å². The molecule has 48 heavy (non-hydrogen) atoms. The third-order valence-electron chi connectivity index (χ3n) is 9.15. The molecule has 224 valence electrons. The molecule has 0 saturated heterocycles. The summed E-state index contributed by atoms with van der Waals surface area (Å²) in [6, 6.07) is 52.7. The molecule has 0 N–H and O–H groups in total. The minimum absolute atomic E-state index is 0.612. The fourth-order valence-electron chi connectivity index (χ4n) is 6.93. The van der Waals surface area contributed by atoms with E-state index >= 15 is 0 Å². The van der Waals surface area contributed by atoms with Crippen LogP contribution in [0.5, 0.6) is 0 Å². The first-order valence-corrected chi connectivity index (χ1v) is 16.8. The van der Waals surface area contributed by atoms with Crippen molar-refractivity contribution in [3.63, 3.8) is 0 Å². The summed E-state index contributed by atoms with van der Waals surface area (Å²) in [4.78, 5) is 15.1. The average molecular weight is 632 g/mol. The van der Waals surface area contributed by atoms with Crippen molar-refractivity contribution in [1.29, 1.82) is 0 Å². The second-order valence-corrected chi connectivity index (χ2v) is 13.1. The summed E-state index contributed by atoms with van der Waals surface area (Å²) < 4.78 is 8.80. The van der Waals surface area contributed by atoms with Gasteiger partial charge in [-0.1, -0.05) is 127 Å². The molecule has 0 atom stereocenters. The number of aromatic nitrogens is 3. The standard InChI is InChI=1S/C43H25N3OS/c1-2-11-28(12-3-1)41-44-42(46-43(45-41)33-16-8-18-35-38(33)32-14-6-7-17-34(32)47-35)29-22-20-27(21-23-29)31-15-9-19-36-39(31)40-30-13-5-4-10-26(30)24-25-37(40)48-36/h1-25H. The number of fused-ring (bicyclic) bond motifs is 8. The second-order valence-electron chi connectivity index (χ2n) is 12.0. The van der Waals surface area contributed by atoms with Crippen molar-refractivity contribution in [2.75, 3.05) is 0 Å². The number of thiophene rings is 1. The molecule has 5 heteroatoms. The van der Waals surface area contributed by atoms with Gasteiger partial charge in [0, 0.05) is 47.6 Å². The predicted octanol–water partition coefficient (Wildman–Crippen LogP) is 12.0. The van der Waals surface area contributed by atoms with E-state index < -0.39 is 0 Å². The molecule has 0 spiro atoms. The molecular formula is C43H25N3OS. The number of hydrogen-bond donors (Lipinski definition) is 0. The Balaban J connectivity index is 1.14. The number of rotatable bonds is 4. The highest BCUT2D eigenvalue weighted by Crippen LogP contribution is 2.43. The summed E-state index contributed by atoms with van der Waals surface area (Å²) in [5.74, 6) is 1.87. The lowest BCUT2D eigenvalue weighted by atomic mass is 9.96. The van der Waals surface area contributed by atoms with E-state index in [4.69, 9.17) is 19.4 Å². The van der Waals surface area contributed by atoms with E-state index in [-0.39, 0.29) is 0 Å². The van der Waals surface area contributed by atoms with Crippen LogP contribution >= 0.6 is 11.3 Å². The topological polar surface area (TPSA) is 51.8 Å². The largest absolute Gasteiger partial charge is 0.456 e. The third-order valence-corrected chi connectivity index (χ3v) is 10.3. The maximum Gasteiger partial charge on any atom is 0.164 e. The molecule has 0 radical (unpaired) electrons. The fourth-order valence-corrected chi connectivity index (χ4v) is 8.08. The van der Waals surface area contributed by atoms with E-state index in [0.717, 1.165) is 44.2 Å². The molecule has 7 aromatic carbocycles. The zero-order valence-corrected chi connectivity index (χ0v) is 26.4. The molecule has 0 aliphatic rings. The van der Waals surface area contributed by atoms with Crippen molar-refractivity contribution in [2.24, 2.45) is 0 Å². The molecule has 3 aromatic heterocycles. The van der Waals surface area contributed by atoms with Crippen molar-refractivity contribution in [2.45, 2.75) is 0 Å². The fraction of sp³-hybridized carbons (Fsp3) is 0. The van der Waals surface area contributed by atoms with Gasteiger partial charge in [-0.05, 0) is 46.2 Å². The van der Waals surface area contributed by atoms with Gasteiger partial charge in [-0.2, -0.15) is 0 Å². The summed E-state index contributed by atoms with van der Waals surface area (Å²) in [6.07, 6.45) is 0. The second kappa shape index (κ2) is 10.7. The highest BCUT2D eigenvalue weighted by molar-refractivity contribution is 7.26. The Bertz CT molecular complexity index is 2830. The molecule has 10 rings (SSSR count). The number of nitrogens with zero attached hydrogens (tertiary/aromatic N) is 3. The maximum absolute atomic E-state index is 6.20. The molecule has 0 aliphatic heterocycles. The monoisotopic (exact) mass is 631 g/mol. The smallest absolute Gasteiger partial charge is 0.164 e. The lowest BCUT2D eigenvalue weighted by Crippen LogP contribution is -2.00. The zero-order chi connectivity index (χ0) is 31.6. The molecule has 0 aliphatic carbocycles. The van der Waals surface area contributed by atoms with Crippen molar-refractivity contribution >= 4 is 64.2 Å². The third kappa shape index (κ3) is 4.25. The number of furan rings is 1. The van der Waals surface area contributed by atoms with Crippen LogP contribution in [0.4, 0.5) is 0 Å². The van der Waals surface area contributed by atoms with Gasteiger partial charge in [0.15, 0.2) is 17.5 Å². The van der Waals surface area contributed by atoms with Gasteiger partial charge in [0.2, 0.25) is 0 Å². The van der Waals surface area contributed by atoms with E-state index in [2.05, 4.69) is 91.0 Å². The number of hydrogen-bond acceptors (Lipinski definition) is 5. The van der Waals surface area contributed by atoms with Gasteiger partial charge in [-0.3, -0.25) is 0 Å². The van der Waals surface area contributed by atoms with Crippen LogP contribution in [0, 0.1) is 0 Å². The van der Waals surface area contributed by atoms with Gasteiger partial charge < -0.3 is 4.42 Å². The van der Waals surface area contributed by atoms with Crippen LogP contribution in [0.2, 0.25) is 0 Å². The summed E-state index contributed by atoms with van der Waals surface area (Å²) in [6.45, 7) is 0. The van der Waals surface area contributed by atoms with Gasteiger partial charge >= 0.3 is 0 Å². The Kier molecular flexibility index (Phi) is 6.01. The van der Waals surface area contributed by atoms with E-state index in [1.807, 2.05) is 72.0 Å². The highest BCUT2D eigenvalue weighted by Gasteiger charge is 2.18. The van der Waals surface area contributed by atoms with Gasteiger partial charge in [-0.25, -0.2) is 15.0 Å². The number of benzene rings is 7. The lowest BCUT2D eigenvalue weighted by Gasteiger charge is -2.10. The Morgan fingerprint density at radius 2 is 1.00 bits per heavy atom. The average Bonchev–Trinajstić information content (AvgIpc) is 3.74. The van der Waals surface area contributed by atoms with E-state index in [0.29, 0.717) is 17.5 Å². The molecule has 10 aromatic rings. The van der Waals surface area contributed by atoms with Gasteiger partial charge in [0.25, 0.3) is 0 Å². The van der Waals surface area contributed by atoms with Crippen LogP contribution in [-0.2, 0) is 0 Å². The molecular weight excluding hydrogens is 607 g/mol. The van der Waals surface area contributed by atoms with E-state index in [1.54, 1.807) is 0 Å². The van der Waals surface area contributed by atoms with Crippen LogP contribution < -0.4 is 0 Å². The van der Waals surface area contributed by atoms with Crippen molar-refractivity contribution < 1.29 is 4.42 Å². The van der Waals surface area contributed by atoms with Crippen molar-refractivity contribution in [3.05, 3.63) is 152 Å². The SMILES string of the molecule is c1ccc(-c2nc(-c3ccc(-c4cccc5sc6ccc7ccccc7c6c45)cc3)nc(-c3cccc4oc5ccccc5c34)n2)cc1. The Morgan fingerprint density at radius 3 is 1.85 bits per heavy atom. The van der Waals surface area contributed by atoms with Crippen molar-refractivity contribution in [1.82, 2.24) is 15.0 Å². The molecule has 0 bridgehead atoms. The van der Waals surface area contributed by atoms with Crippen LogP contribution in [0.1, 0.15) is 0 Å². The molecule has 0 saturated carbocycles. The Hall–Kier alpha value is -6.17.